The van der Waals surface area contributed by atoms with Crippen molar-refractivity contribution >= 4 is 65.2 Å². The Morgan fingerprint density at radius 1 is 0.321 bits per heavy atom. The standard InChI is InChI=1S/C48H26F4N4/c49-27-7-15-43-35(21-27)36-22-28(50)8-16-44(36)55(43)31-12-14-34-39(25-31)47(41-5-1-3-19-53-41)33-13-11-32(26-40(33)48(34)42-6-2-4-20-54-42)56-45-17-9-29(51)23-37(45)38-24-30(52)10-18-46(38)56/h1-26H. The van der Waals surface area contributed by atoms with Gasteiger partial charge in [-0.1, -0.05) is 24.3 Å². The van der Waals surface area contributed by atoms with Gasteiger partial charge in [0.1, 0.15) is 23.3 Å². The molecule has 0 radical (unpaired) electrons. The lowest BCUT2D eigenvalue weighted by atomic mass is 9.88. The van der Waals surface area contributed by atoms with Gasteiger partial charge < -0.3 is 9.13 Å². The lowest BCUT2D eigenvalue weighted by molar-refractivity contribution is 0.628. The summed E-state index contributed by atoms with van der Waals surface area (Å²) >= 11 is 0. The summed E-state index contributed by atoms with van der Waals surface area (Å²) in [6.45, 7) is 0. The fourth-order valence-electron chi connectivity index (χ4n) is 8.55. The molecule has 4 nitrogen and oxygen atoms in total. The molecule has 0 fully saturated rings. The van der Waals surface area contributed by atoms with Crippen LogP contribution in [0.2, 0.25) is 0 Å². The number of fused-ring (bicyclic) bond motifs is 8. The maximum absolute atomic E-state index is 14.6. The normalized spacial score (nSPS) is 11.9. The molecular formula is C48H26F4N4. The van der Waals surface area contributed by atoms with E-state index in [9.17, 15) is 17.6 Å². The van der Waals surface area contributed by atoms with Gasteiger partial charge in [0.05, 0.1) is 33.5 Å². The highest BCUT2D eigenvalue weighted by Crippen LogP contribution is 2.45. The molecule has 56 heavy (non-hydrogen) atoms. The molecular weight excluding hydrogens is 709 g/mol. The number of benzene rings is 7. The van der Waals surface area contributed by atoms with Crippen LogP contribution in [0.1, 0.15) is 0 Å². The molecule has 4 aromatic heterocycles. The average molecular weight is 735 g/mol. The quantitative estimate of drug-likeness (QED) is 0.133. The fourth-order valence-corrected chi connectivity index (χ4v) is 8.55. The Kier molecular flexibility index (Phi) is 6.94. The molecule has 0 atom stereocenters. The Morgan fingerprint density at radius 2 is 0.679 bits per heavy atom. The number of nitrogens with zero attached hydrogens (tertiary/aromatic N) is 4. The number of aromatic nitrogens is 4. The van der Waals surface area contributed by atoms with Crippen molar-refractivity contribution in [2.75, 3.05) is 0 Å². The van der Waals surface area contributed by atoms with E-state index in [1.807, 2.05) is 57.7 Å². The summed E-state index contributed by atoms with van der Waals surface area (Å²) < 4.78 is 62.6. The van der Waals surface area contributed by atoms with Crippen LogP contribution in [0.5, 0.6) is 0 Å². The van der Waals surface area contributed by atoms with Crippen LogP contribution in [-0.2, 0) is 0 Å². The summed E-state index contributed by atoms with van der Waals surface area (Å²) in [7, 11) is 0. The van der Waals surface area contributed by atoms with Gasteiger partial charge >= 0.3 is 0 Å². The van der Waals surface area contributed by atoms with Crippen LogP contribution in [0.4, 0.5) is 17.6 Å². The van der Waals surface area contributed by atoms with Crippen LogP contribution in [0.3, 0.4) is 0 Å². The van der Waals surface area contributed by atoms with Crippen molar-refractivity contribution in [1.29, 1.82) is 0 Å². The first-order valence-corrected chi connectivity index (χ1v) is 18.1. The van der Waals surface area contributed by atoms with Gasteiger partial charge in [-0.15, -0.1) is 0 Å². The molecule has 0 N–H and O–H groups in total. The zero-order chi connectivity index (χ0) is 37.7. The summed E-state index contributed by atoms with van der Waals surface area (Å²) in [5.41, 5.74) is 7.89. The third-order valence-electron chi connectivity index (χ3n) is 10.8. The SMILES string of the molecule is Fc1ccc2c(c1)c1cc(F)ccc1n2-c1ccc2c(-c3ccccn3)c3cc(-n4c5ccc(F)cc5c5cc(F)ccc54)ccc3c(-c3ccccn3)c2c1. The van der Waals surface area contributed by atoms with E-state index >= 15 is 0 Å². The molecule has 11 aromatic rings. The van der Waals surface area contributed by atoms with Crippen LogP contribution < -0.4 is 0 Å². The molecule has 0 unspecified atom stereocenters. The van der Waals surface area contributed by atoms with Crippen molar-refractivity contribution in [3.05, 3.63) is 181 Å². The molecule has 7 aromatic carbocycles. The topological polar surface area (TPSA) is 35.6 Å². The van der Waals surface area contributed by atoms with Crippen LogP contribution in [0.25, 0.3) is 99.0 Å². The first kappa shape index (κ1) is 32.1. The summed E-state index contributed by atoms with van der Waals surface area (Å²) in [5, 5.41) is 6.10. The van der Waals surface area contributed by atoms with Crippen LogP contribution >= 0.6 is 0 Å². The van der Waals surface area contributed by atoms with Gasteiger partial charge in [-0.3, -0.25) is 9.97 Å². The lowest BCUT2D eigenvalue weighted by Crippen LogP contribution is -1.99. The molecule has 0 amide bonds. The van der Waals surface area contributed by atoms with E-state index in [1.54, 1.807) is 36.7 Å². The van der Waals surface area contributed by atoms with Gasteiger partial charge in [0, 0.05) is 56.4 Å². The first-order chi connectivity index (χ1) is 27.4. The van der Waals surface area contributed by atoms with Gasteiger partial charge in [0.15, 0.2) is 0 Å². The van der Waals surface area contributed by atoms with Crippen LogP contribution in [-0.4, -0.2) is 19.1 Å². The van der Waals surface area contributed by atoms with E-state index in [0.29, 0.717) is 21.5 Å². The molecule has 266 valence electrons. The molecule has 0 aliphatic heterocycles. The van der Waals surface area contributed by atoms with Gasteiger partial charge in [0.25, 0.3) is 0 Å². The maximum Gasteiger partial charge on any atom is 0.123 e. The third kappa shape index (κ3) is 4.78. The zero-order valence-electron chi connectivity index (χ0n) is 29.3. The van der Waals surface area contributed by atoms with Crippen molar-refractivity contribution in [2.24, 2.45) is 0 Å². The second kappa shape index (κ2) is 12.1. The minimum Gasteiger partial charge on any atom is -0.309 e. The Morgan fingerprint density at radius 3 is 1.00 bits per heavy atom. The summed E-state index contributed by atoms with van der Waals surface area (Å²) in [5.74, 6) is -1.60. The molecule has 11 rings (SSSR count). The Balaban J connectivity index is 1.27. The Labute approximate surface area is 316 Å². The minimum atomic E-state index is -0.400. The maximum atomic E-state index is 14.6. The Hall–Kier alpha value is -7.32. The monoisotopic (exact) mass is 734 g/mol. The summed E-state index contributed by atoms with van der Waals surface area (Å²) in [6, 6.07) is 42.4. The number of hydrogen-bond acceptors (Lipinski definition) is 2. The van der Waals surface area contributed by atoms with Crippen molar-refractivity contribution in [3.8, 4) is 33.9 Å². The highest BCUT2D eigenvalue weighted by molar-refractivity contribution is 6.22. The summed E-state index contributed by atoms with van der Waals surface area (Å²) in [6.07, 6.45) is 3.54. The van der Waals surface area contributed by atoms with Crippen molar-refractivity contribution < 1.29 is 17.6 Å². The smallest absolute Gasteiger partial charge is 0.123 e. The second-order valence-electron chi connectivity index (χ2n) is 14.0. The molecule has 0 aliphatic carbocycles. The van der Waals surface area contributed by atoms with E-state index in [-0.39, 0.29) is 0 Å². The molecule has 4 heterocycles. The van der Waals surface area contributed by atoms with Crippen LogP contribution in [0.15, 0.2) is 158 Å². The predicted octanol–water partition coefficient (Wildman–Crippen LogP) is 12.9. The molecule has 0 saturated carbocycles. The minimum absolute atomic E-state index is 0.400. The van der Waals surface area contributed by atoms with E-state index in [1.165, 1.54) is 48.5 Å². The number of pyridine rings is 2. The van der Waals surface area contributed by atoms with E-state index < -0.39 is 23.3 Å². The zero-order valence-corrected chi connectivity index (χ0v) is 29.3. The molecule has 0 saturated heterocycles. The molecule has 0 aliphatic rings. The predicted molar refractivity (Wildman–Crippen MR) is 216 cm³/mol. The molecule has 0 spiro atoms. The lowest BCUT2D eigenvalue weighted by Gasteiger charge is -2.19. The Bertz CT molecular complexity index is 3060. The van der Waals surface area contributed by atoms with Crippen molar-refractivity contribution in [3.63, 3.8) is 0 Å². The largest absolute Gasteiger partial charge is 0.309 e. The molecule has 8 heteroatoms. The highest BCUT2D eigenvalue weighted by atomic mass is 19.1. The average Bonchev–Trinajstić information content (AvgIpc) is 3.71. The third-order valence-corrected chi connectivity index (χ3v) is 10.8. The van der Waals surface area contributed by atoms with E-state index in [2.05, 4.69) is 24.3 Å². The highest BCUT2D eigenvalue weighted by Gasteiger charge is 2.22. The van der Waals surface area contributed by atoms with Crippen molar-refractivity contribution in [1.82, 2.24) is 19.1 Å². The van der Waals surface area contributed by atoms with Gasteiger partial charge in [-0.2, -0.15) is 0 Å². The second-order valence-corrected chi connectivity index (χ2v) is 14.0. The van der Waals surface area contributed by atoms with E-state index in [0.717, 1.165) is 77.5 Å². The summed E-state index contributed by atoms with van der Waals surface area (Å²) in [4.78, 5) is 9.70. The fraction of sp³-hybridized carbons (Fsp3) is 0. The van der Waals surface area contributed by atoms with Gasteiger partial charge in [0.2, 0.25) is 0 Å². The number of rotatable bonds is 4. The van der Waals surface area contributed by atoms with Crippen LogP contribution in [0, 0.1) is 23.3 Å². The molecule has 0 bridgehead atoms. The number of halogens is 4. The van der Waals surface area contributed by atoms with Crippen molar-refractivity contribution in [2.45, 2.75) is 0 Å². The van der Waals surface area contributed by atoms with E-state index in [4.69, 9.17) is 9.97 Å². The van der Waals surface area contributed by atoms with Gasteiger partial charge in [-0.25, -0.2) is 17.6 Å². The van der Waals surface area contributed by atoms with Gasteiger partial charge in [-0.05, 0) is 143 Å². The first-order valence-electron chi connectivity index (χ1n) is 18.1. The number of hydrogen-bond donors (Lipinski definition) is 0.